The van der Waals surface area contributed by atoms with E-state index in [0.717, 1.165) is 30.8 Å². The van der Waals surface area contributed by atoms with Crippen LogP contribution in [0.25, 0.3) is 0 Å². The molecule has 0 saturated carbocycles. The van der Waals surface area contributed by atoms with Gasteiger partial charge in [-0.3, -0.25) is 0 Å². The fourth-order valence-electron chi connectivity index (χ4n) is 2.85. The summed E-state index contributed by atoms with van der Waals surface area (Å²) in [5.41, 5.74) is 5.09. The fraction of sp³-hybridized carbons (Fsp3) is 0.333. The number of fused-ring (bicyclic) bond motifs is 1. The second-order valence-corrected chi connectivity index (χ2v) is 5.75. The zero-order chi connectivity index (χ0) is 14.7. The highest BCUT2D eigenvalue weighted by Gasteiger charge is 2.14. The molecular weight excluding hydrogens is 299 g/mol. The van der Waals surface area contributed by atoms with Crippen LogP contribution < -0.4 is 10.6 Å². The molecule has 2 N–H and O–H groups in total. The minimum Gasteiger partial charge on any atom is -0.381 e. The summed E-state index contributed by atoms with van der Waals surface area (Å²) in [5.74, 6) is 0.347. The molecule has 0 unspecified atom stereocenters. The molecule has 1 aliphatic heterocycles. The Hall–Kier alpha value is -1.58. The first-order valence-electron chi connectivity index (χ1n) is 7.54. The van der Waals surface area contributed by atoms with Crippen molar-refractivity contribution in [3.8, 4) is 0 Å². The molecule has 1 atom stereocenters. The molecule has 2 aromatic carbocycles. The Kier molecular flexibility index (Phi) is 5.81. The van der Waals surface area contributed by atoms with Gasteiger partial charge in [0.2, 0.25) is 0 Å². The quantitative estimate of drug-likeness (QED) is 0.889. The third-order valence-electron chi connectivity index (χ3n) is 4.11. The Bertz CT molecular complexity index is 613. The summed E-state index contributed by atoms with van der Waals surface area (Å²) in [4.78, 5) is 0. The van der Waals surface area contributed by atoms with Crippen molar-refractivity contribution in [3.63, 3.8) is 0 Å². The fourth-order valence-corrected chi connectivity index (χ4v) is 2.85. The third-order valence-corrected chi connectivity index (χ3v) is 4.11. The smallest absolute Gasteiger partial charge is 0.123 e. The van der Waals surface area contributed by atoms with Crippen LogP contribution in [0.5, 0.6) is 0 Å². The van der Waals surface area contributed by atoms with Crippen LogP contribution in [-0.2, 0) is 13.0 Å². The molecule has 0 fully saturated rings. The molecule has 22 heavy (non-hydrogen) atoms. The topological polar surface area (TPSA) is 24.1 Å². The lowest BCUT2D eigenvalue weighted by Crippen LogP contribution is -2.18. The number of benzene rings is 2. The van der Waals surface area contributed by atoms with Crippen molar-refractivity contribution in [2.75, 3.05) is 18.4 Å². The molecule has 0 saturated heterocycles. The summed E-state index contributed by atoms with van der Waals surface area (Å²) < 4.78 is 12.9. The van der Waals surface area contributed by atoms with Gasteiger partial charge in [-0.05, 0) is 59.8 Å². The van der Waals surface area contributed by atoms with Gasteiger partial charge in [0.15, 0.2) is 0 Å². The van der Waals surface area contributed by atoms with Gasteiger partial charge < -0.3 is 10.6 Å². The van der Waals surface area contributed by atoms with E-state index >= 15 is 0 Å². The molecule has 0 bridgehead atoms. The SMILES string of the molecule is C[C@@H]1CNCCc2ccc(NCc3ccc(F)cc3)cc21.Cl. The zero-order valence-corrected chi connectivity index (χ0v) is 13.5. The number of anilines is 1. The Balaban J connectivity index is 0.00000176. The molecule has 0 radical (unpaired) electrons. The van der Waals surface area contributed by atoms with E-state index < -0.39 is 0 Å². The number of halogens is 2. The summed E-state index contributed by atoms with van der Waals surface area (Å²) in [6, 6.07) is 13.3. The molecule has 0 aliphatic carbocycles. The molecular formula is C18H22ClFN2. The Labute approximate surface area is 137 Å². The molecule has 0 aromatic heterocycles. The lowest BCUT2D eigenvalue weighted by Gasteiger charge is -2.15. The molecule has 0 amide bonds. The van der Waals surface area contributed by atoms with Crippen LogP contribution >= 0.6 is 12.4 Å². The van der Waals surface area contributed by atoms with Gasteiger partial charge in [-0.25, -0.2) is 4.39 Å². The minimum atomic E-state index is -0.190. The van der Waals surface area contributed by atoms with Crippen LogP contribution in [0.4, 0.5) is 10.1 Å². The van der Waals surface area contributed by atoms with Gasteiger partial charge in [-0.2, -0.15) is 0 Å². The highest BCUT2D eigenvalue weighted by Crippen LogP contribution is 2.26. The number of nitrogens with one attached hydrogen (secondary N) is 2. The van der Waals surface area contributed by atoms with E-state index in [1.54, 1.807) is 0 Å². The second-order valence-electron chi connectivity index (χ2n) is 5.75. The summed E-state index contributed by atoms with van der Waals surface area (Å²) in [6.45, 7) is 5.07. The predicted molar refractivity (Wildman–Crippen MR) is 92.4 cm³/mol. The lowest BCUT2D eigenvalue weighted by atomic mass is 9.95. The van der Waals surface area contributed by atoms with Crippen LogP contribution in [-0.4, -0.2) is 13.1 Å². The summed E-state index contributed by atoms with van der Waals surface area (Å²) in [5, 5.41) is 6.90. The molecule has 4 heteroatoms. The number of hydrogen-bond acceptors (Lipinski definition) is 2. The molecule has 3 rings (SSSR count). The van der Waals surface area contributed by atoms with Gasteiger partial charge in [0.05, 0.1) is 0 Å². The summed E-state index contributed by atoms with van der Waals surface area (Å²) in [7, 11) is 0. The van der Waals surface area contributed by atoms with Crippen molar-refractivity contribution in [1.29, 1.82) is 0 Å². The zero-order valence-electron chi connectivity index (χ0n) is 12.7. The number of rotatable bonds is 3. The van der Waals surface area contributed by atoms with E-state index in [2.05, 4.69) is 35.8 Å². The van der Waals surface area contributed by atoms with Crippen molar-refractivity contribution in [1.82, 2.24) is 5.32 Å². The highest BCUT2D eigenvalue weighted by molar-refractivity contribution is 5.85. The van der Waals surface area contributed by atoms with Gasteiger partial charge in [0.25, 0.3) is 0 Å². The van der Waals surface area contributed by atoms with Gasteiger partial charge in [0, 0.05) is 18.8 Å². The van der Waals surface area contributed by atoms with Gasteiger partial charge in [-0.1, -0.05) is 25.1 Å². The normalized spacial score (nSPS) is 17.1. The van der Waals surface area contributed by atoms with Crippen molar-refractivity contribution in [3.05, 3.63) is 65.0 Å². The van der Waals surface area contributed by atoms with E-state index in [9.17, 15) is 4.39 Å². The molecule has 2 nitrogen and oxygen atoms in total. The summed E-state index contributed by atoms with van der Waals surface area (Å²) >= 11 is 0. The molecule has 0 spiro atoms. The third kappa shape index (κ3) is 3.99. The van der Waals surface area contributed by atoms with E-state index in [-0.39, 0.29) is 18.2 Å². The van der Waals surface area contributed by atoms with Gasteiger partial charge in [-0.15, -0.1) is 12.4 Å². The first-order valence-corrected chi connectivity index (χ1v) is 7.54. The largest absolute Gasteiger partial charge is 0.381 e. The van der Waals surface area contributed by atoms with E-state index in [1.165, 1.54) is 23.3 Å². The van der Waals surface area contributed by atoms with Gasteiger partial charge >= 0.3 is 0 Å². The van der Waals surface area contributed by atoms with Crippen molar-refractivity contribution < 1.29 is 4.39 Å². The number of hydrogen-bond donors (Lipinski definition) is 2. The standard InChI is InChI=1S/C18H21FN2.ClH/c1-13-11-20-9-8-15-4-7-17(10-18(13)15)21-12-14-2-5-16(19)6-3-14;/h2-7,10,13,20-21H,8-9,11-12H2,1H3;1H/t13-;/m1./s1. The molecule has 118 valence electrons. The van der Waals surface area contributed by atoms with E-state index in [1.807, 2.05) is 12.1 Å². The Morgan fingerprint density at radius 1 is 1.18 bits per heavy atom. The first-order chi connectivity index (χ1) is 10.2. The average molecular weight is 321 g/mol. The van der Waals surface area contributed by atoms with Crippen molar-refractivity contribution in [2.24, 2.45) is 0 Å². The molecule has 1 heterocycles. The predicted octanol–water partition coefficient (Wildman–Crippen LogP) is 4.11. The van der Waals surface area contributed by atoms with Crippen molar-refractivity contribution in [2.45, 2.75) is 25.8 Å². The van der Waals surface area contributed by atoms with Crippen molar-refractivity contribution >= 4 is 18.1 Å². The maximum absolute atomic E-state index is 12.9. The van der Waals surface area contributed by atoms with Crippen LogP contribution in [0, 0.1) is 5.82 Å². The van der Waals surface area contributed by atoms with E-state index in [4.69, 9.17) is 0 Å². The van der Waals surface area contributed by atoms with Crippen LogP contribution in [0.1, 0.15) is 29.5 Å². The lowest BCUT2D eigenvalue weighted by molar-refractivity contribution is 0.627. The highest BCUT2D eigenvalue weighted by atomic mass is 35.5. The molecule has 2 aromatic rings. The first kappa shape index (κ1) is 16.8. The van der Waals surface area contributed by atoms with Gasteiger partial charge in [0.1, 0.15) is 5.82 Å². The minimum absolute atomic E-state index is 0. The van der Waals surface area contributed by atoms with Crippen LogP contribution in [0.2, 0.25) is 0 Å². The summed E-state index contributed by atoms with van der Waals surface area (Å²) in [6.07, 6.45) is 1.10. The maximum Gasteiger partial charge on any atom is 0.123 e. The van der Waals surface area contributed by atoms with E-state index in [0.29, 0.717) is 12.5 Å². The molecule has 1 aliphatic rings. The van der Waals surface area contributed by atoms with Crippen LogP contribution in [0.15, 0.2) is 42.5 Å². The Morgan fingerprint density at radius 3 is 2.73 bits per heavy atom. The second kappa shape index (κ2) is 7.61. The maximum atomic E-state index is 12.9. The van der Waals surface area contributed by atoms with Crippen LogP contribution in [0.3, 0.4) is 0 Å². The Morgan fingerprint density at radius 2 is 1.95 bits per heavy atom. The average Bonchev–Trinajstić information content (AvgIpc) is 2.69. The monoisotopic (exact) mass is 320 g/mol.